The predicted octanol–water partition coefficient (Wildman–Crippen LogP) is 3.33. The number of fused-ring (bicyclic) bond motifs is 1. The third-order valence-corrected chi connectivity index (χ3v) is 4.03. The number of rotatable bonds is 3. The highest BCUT2D eigenvalue weighted by Gasteiger charge is 2.12. The van der Waals surface area contributed by atoms with Gasteiger partial charge >= 0.3 is 5.97 Å². The monoisotopic (exact) mass is 374 g/mol. The molecule has 1 heterocycles. The van der Waals surface area contributed by atoms with Crippen molar-refractivity contribution in [3.8, 4) is 5.69 Å². The van der Waals surface area contributed by atoms with Crippen LogP contribution < -0.4 is 5.73 Å². The van der Waals surface area contributed by atoms with Crippen LogP contribution in [-0.2, 0) is 4.74 Å². The summed E-state index contributed by atoms with van der Waals surface area (Å²) in [6, 6.07) is 10.5. The normalized spacial score (nSPS) is 11.1. The summed E-state index contributed by atoms with van der Waals surface area (Å²) in [4.78, 5) is 13.4. The van der Waals surface area contributed by atoms with Gasteiger partial charge < -0.3 is 10.5 Å². The fourth-order valence-electron chi connectivity index (χ4n) is 2.09. The molecule has 0 saturated carbocycles. The zero-order chi connectivity index (χ0) is 16.6. The van der Waals surface area contributed by atoms with E-state index in [0.717, 1.165) is 15.7 Å². The number of nitrogen functional groups attached to an aromatic ring is 1. The first kappa shape index (κ1) is 15.5. The molecule has 0 unspecified atom stereocenters. The first-order valence-corrected chi connectivity index (χ1v) is 7.87. The molecule has 0 atom stereocenters. The number of anilines is 1. The van der Waals surface area contributed by atoms with Crippen LogP contribution in [-0.4, -0.2) is 27.1 Å². The van der Waals surface area contributed by atoms with E-state index in [4.69, 9.17) is 10.5 Å². The highest BCUT2D eigenvalue weighted by Crippen LogP contribution is 2.27. The van der Waals surface area contributed by atoms with Gasteiger partial charge in [0, 0.05) is 5.69 Å². The molecule has 2 aromatic carbocycles. The van der Waals surface area contributed by atoms with Crippen molar-refractivity contribution < 1.29 is 9.53 Å². The van der Waals surface area contributed by atoms with Gasteiger partial charge in [0.05, 0.1) is 21.8 Å². The molecule has 6 nitrogen and oxygen atoms in total. The average Bonchev–Trinajstić information content (AvgIpc) is 2.95. The molecular weight excluding hydrogens is 360 g/mol. The van der Waals surface area contributed by atoms with E-state index < -0.39 is 0 Å². The number of carbonyl (C=O) groups is 1. The summed E-state index contributed by atoms with van der Waals surface area (Å²) < 4.78 is 5.88. The molecule has 3 aromatic rings. The Bertz CT molecular complexity index is 872. The summed E-state index contributed by atoms with van der Waals surface area (Å²) in [5, 5.41) is 8.84. The summed E-state index contributed by atoms with van der Waals surface area (Å²) in [5.41, 5.74) is 9.11. The number of ether oxygens (including phenoxy) is 1. The standard InChI is InChI=1S/C16H15BrN4O2/c1-9(2)23-16(22)10-3-5-11(6-4-10)21-19-13-8-7-12(18)14(17)15(13)20-21/h3-9H,18H2,1-2H3. The van der Waals surface area contributed by atoms with E-state index in [1.165, 1.54) is 4.80 Å². The molecule has 0 aliphatic carbocycles. The van der Waals surface area contributed by atoms with E-state index in [9.17, 15) is 4.79 Å². The van der Waals surface area contributed by atoms with Crippen LogP contribution in [0.4, 0.5) is 5.69 Å². The fourth-order valence-corrected chi connectivity index (χ4v) is 2.51. The lowest BCUT2D eigenvalue weighted by molar-refractivity contribution is 0.0378. The van der Waals surface area contributed by atoms with Gasteiger partial charge in [0.1, 0.15) is 11.0 Å². The number of hydrogen-bond donors (Lipinski definition) is 1. The van der Waals surface area contributed by atoms with E-state index in [1.54, 1.807) is 30.3 Å². The second-order valence-corrected chi connectivity index (χ2v) is 6.12. The minimum Gasteiger partial charge on any atom is -0.459 e. The van der Waals surface area contributed by atoms with Crippen LogP contribution in [0.3, 0.4) is 0 Å². The number of nitrogens with two attached hydrogens (primary N) is 1. The quantitative estimate of drug-likeness (QED) is 0.561. The van der Waals surface area contributed by atoms with Gasteiger partial charge in [-0.25, -0.2) is 4.79 Å². The SMILES string of the molecule is CC(C)OC(=O)c1ccc(-n2nc3ccc(N)c(Br)c3n2)cc1. The highest BCUT2D eigenvalue weighted by atomic mass is 79.9. The van der Waals surface area contributed by atoms with E-state index >= 15 is 0 Å². The summed E-state index contributed by atoms with van der Waals surface area (Å²) >= 11 is 3.42. The van der Waals surface area contributed by atoms with Gasteiger partial charge in [-0.15, -0.1) is 10.2 Å². The van der Waals surface area contributed by atoms with Gasteiger partial charge in [0.15, 0.2) is 0 Å². The van der Waals surface area contributed by atoms with Gasteiger partial charge in [-0.3, -0.25) is 0 Å². The van der Waals surface area contributed by atoms with Gasteiger partial charge in [0.25, 0.3) is 0 Å². The Hall–Kier alpha value is -2.41. The summed E-state index contributed by atoms with van der Waals surface area (Å²) in [6.07, 6.45) is -0.150. The molecule has 0 amide bonds. The Morgan fingerprint density at radius 1 is 1.17 bits per heavy atom. The maximum Gasteiger partial charge on any atom is 0.338 e. The van der Waals surface area contributed by atoms with E-state index in [2.05, 4.69) is 26.1 Å². The molecule has 0 bridgehead atoms. The number of carbonyl (C=O) groups excluding carboxylic acids is 1. The van der Waals surface area contributed by atoms with Crippen LogP contribution in [0.5, 0.6) is 0 Å². The maximum atomic E-state index is 11.8. The van der Waals surface area contributed by atoms with Crippen LogP contribution in [0.15, 0.2) is 40.9 Å². The maximum absolute atomic E-state index is 11.8. The molecule has 0 spiro atoms. The Labute approximate surface area is 141 Å². The first-order valence-electron chi connectivity index (χ1n) is 7.08. The lowest BCUT2D eigenvalue weighted by atomic mass is 10.2. The average molecular weight is 375 g/mol. The van der Waals surface area contributed by atoms with E-state index in [1.807, 2.05) is 19.9 Å². The van der Waals surface area contributed by atoms with Crippen LogP contribution in [0.1, 0.15) is 24.2 Å². The molecule has 3 rings (SSSR count). The largest absolute Gasteiger partial charge is 0.459 e. The number of halogens is 1. The number of nitrogens with zero attached hydrogens (tertiary/aromatic N) is 3. The highest BCUT2D eigenvalue weighted by molar-refractivity contribution is 9.10. The molecule has 0 saturated heterocycles. The molecule has 118 valence electrons. The smallest absolute Gasteiger partial charge is 0.338 e. The van der Waals surface area contributed by atoms with Crippen molar-refractivity contribution in [2.75, 3.05) is 5.73 Å². The Balaban J connectivity index is 1.93. The van der Waals surface area contributed by atoms with Crippen LogP contribution in [0.2, 0.25) is 0 Å². The Kier molecular flexibility index (Phi) is 4.04. The number of aromatic nitrogens is 3. The molecular formula is C16H15BrN4O2. The number of hydrogen-bond acceptors (Lipinski definition) is 5. The molecule has 2 N–H and O–H groups in total. The lowest BCUT2D eigenvalue weighted by Gasteiger charge is -2.08. The van der Waals surface area contributed by atoms with Crippen molar-refractivity contribution in [2.24, 2.45) is 0 Å². The molecule has 0 aliphatic rings. The lowest BCUT2D eigenvalue weighted by Crippen LogP contribution is -2.11. The van der Waals surface area contributed by atoms with Gasteiger partial charge in [-0.1, -0.05) is 0 Å². The molecule has 23 heavy (non-hydrogen) atoms. The third kappa shape index (κ3) is 3.05. The van der Waals surface area contributed by atoms with Crippen LogP contribution in [0.25, 0.3) is 16.7 Å². The topological polar surface area (TPSA) is 83.0 Å². The zero-order valence-corrected chi connectivity index (χ0v) is 14.2. The number of benzene rings is 2. The van der Waals surface area contributed by atoms with Crippen LogP contribution in [0, 0.1) is 0 Å². The molecule has 0 radical (unpaired) electrons. The number of esters is 1. The predicted molar refractivity (Wildman–Crippen MR) is 91.5 cm³/mol. The van der Waals surface area contributed by atoms with E-state index in [0.29, 0.717) is 16.8 Å². The first-order chi connectivity index (χ1) is 11.0. The Morgan fingerprint density at radius 2 is 1.87 bits per heavy atom. The van der Waals surface area contributed by atoms with Gasteiger partial charge in [-0.2, -0.15) is 4.80 Å². The molecule has 1 aromatic heterocycles. The van der Waals surface area contributed by atoms with Crippen molar-refractivity contribution in [3.05, 3.63) is 46.4 Å². The third-order valence-electron chi connectivity index (χ3n) is 3.20. The minimum atomic E-state index is -0.347. The molecule has 0 fully saturated rings. The van der Waals surface area contributed by atoms with Crippen molar-refractivity contribution in [1.29, 1.82) is 0 Å². The summed E-state index contributed by atoms with van der Waals surface area (Å²) in [7, 11) is 0. The molecule has 0 aliphatic heterocycles. The van der Waals surface area contributed by atoms with Crippen molar-refractivity contribution in [2.45, 2.75) is 20.0 Å². The summed E-state index contributed by atoms with van der Waals surface area (Å²) in [5.74, 6) is -0.347. The van der Waals surface area contributed by atoms with Crippen molar-refractivity contribution >= 4 is 38.6 Å². The van der Waals surface area contributed by atoms with Crippen molar-refractivity contribution in [1.82, 2.24) is 15.0 Å². The van der Waals surface area contributed by atoms with Gasteiger partial charge in [0.2, 0.25) is 0 Å². The molecule has 7 heteroatoms. The zero-order valence-electron chi connectivity index (χ0n) is 12.7. The second kappa shape index (κ2) is 6.00. The van der Waals surface area contributed by atoms with E-state index in [-0.39, 0.29) is 12.1 Å². The van der Waals surface area contributed by atoms with Crippen molar-refractivity contribution in [3.63, 3.8) is 0 Å². The Morgan fingerprint density at radius 3 is 2.52 bits per heavy atom. The van der Waals surface area contributed by atoms with Crippen LogP contribution >= 0.6 is 15.9 Å². The minimum absolute atomic E-state index is 0.150. The fraction of sp³-hybridized carbons (Fsp3) is 0.188. The summed E-state index contributed by atoms with van der Waals surface area (Å²) in [6.45, 7) is 3.63. The van der Waals surface area contributed by atoms with Gasteiger partial charge in [-0.05, 0) is 66.2 Å². The second-order valence-electron chi connectivity index (χ2n) is 5.33.